The summed E-state index contributed by atoms with van der Waals surface area (Å²) in [7, 11) is -0.824. The largest absolute Gasteiger partial charge is 0.494 e. The van der Waals surface area contributed by atoms with E-state index in [-0.39, 0.29) is 5.41 Å². The molecule has 0 unspecified atom stereocenters. The van der Waals surface area contributed by atoms with Crippen molar-refractivity contribution in [1.29, 1.82) is 0 Å². The molecule has 1 amide bonds. The van der Waals surface area contributed by atoms with Crippen LogP contribution in [-0.2, 0) is 16.1 Å². The number of methoxy groups -OCH3 is 1. The summed E-state index contributed by atoms with van der Waals surface area (Å²) in [5.41, 5.74) is 1.97. The summed E-state index contributed by atoms with van der Waals surface area (Å²) >= 11 is 0. The van der Waals surface area contributed by atoms with Gasteiger partial charge in [0.1, 0.15) is 5.75 Å². The third-order valence-electron chi connectivity index (χ3n) is 3.03. The molecule has 21 heavy (non-hydrogen) atoms. The van der Waals surface area contributed by atoms with E-state index in [4.69, 9.17) is 9.84 Å². The van der Waals surface area contributed by atoms with E-state index in [2.05, 4.69) is 5.32 Å². The van der Waals surface area contributed by atoms with Gasteiger partial charge in [-0.3, -0.25) is 5.32 Å². The average Bonchev–Trinajstić information content (AvgIpc) is 2.24. The van der Waals surface area contributed by atoms with Gasteiger partial charge in [-0.05, 0) is 30.4 Å². The molecule has 0 aliphatic carbocycles. The molecule has 1 aromatic rings. The molecule has 0 fully saturated rings. The van der Waals surface area contributed by atoms with Crippen LogP contribution in [0.3, 0.4) is 0 Å². The quantitative estimate of drug-likeness (QED) is 0.817. The molecule has 0 atom stereocenters. The molecular formula is C15H24NO4P. The van der Waals surface area contributed by atoms with E-state index in [1.807, 2.05) is 26.8 Å². The second-order valence-corrected chi connectivity index (χ2v) is 10.1. The number of carboxylic acid groups (broad SMARTS) is 1. The summed E-state index contributed by atoms with van der Waals surface area (Å²) in [6, 6.07) is 3.72. The predicted octanol–water partition coefficient (Wildman–Crippen LogP) is 4.21. The molecule has 0 aromatic heterocycles. The lowest BCUT2D eigenvalue weighted by atomic mass is 9.85. The summed E-state index contributed by atoms with van der Waals surface area (Å²) in [6.07, 6.45) is -0.782. The van der Waals surface area contributed by atoms with Crippen LogP contribution in [0.1, 0.15) is 31.9 Å². The van der Waals surface area contributed by atoms with Crippen molar-refractivity contribution in [3.63, 3.8) is 0 Å². The van der Waals surface area contributed by atoms with Crippen molar-refractivity contribution in [1.82, 2.24) is 0 Å². The maximum Gasteiger partial charge on any atom is 0.409 e. The van der Waals surface area contributed by atoms with Crippen molar-refractivity contribution >= 4 is 18.9 Å². The molecule has 2 N–H and O–H groups in total. The molecule has 0 heterocycles. The number of benzene rings is 1. The van der Waals surface area contributed by atoms with Gasteiger partial charge in [-0.15, -0.1) is 0 Å². The van der Waals surface area contributed by atoms with Gasteiger partial charge in [0.25, 0.3) is 0 Å². The normalized spacial score (nSPS) is 12.1. The van der Waals surface area contributed by atoms with Gasteiger partial charge >= 0.3 is 6.09 Å². The van der Waals surface area contributed by atoms with Crippen molar-refractivity contribution in [2.24, 2.45) is 0 Å². The summed E-state index contributed by atoms with van der Waals surface area (Å²) in [4.78, 5) is 11.0. The number of anilines is 1. The maximum atomic E-state index is 12.2. The number of hydrogen-bond acceptors (Lipinski definition) is 3. The van der Waals surface area contributed by atoms with Crippen molar-refractivity contribution < 1.29 is 19.2 Å². The fourth-order valence-electron chi connectivity index (χ4n) is 2.10. The smallest absolute Gasteiger partial charge is 0.409 e. The Morgan fingerprint density at radius 2 is 1.90 bits per heavy atom. The molecule has 118 valence electrons. The maximum absolute atomic E-state index is 12.2. The van der Waals surface area contributed by atoms with Gasteiger partial charge in [0.05, 0.1) is 19.9 Å². The van der Waals surface area contributed by atoms with Crippen LogP contribution in [0.4, 0.5) is 10.5 Å². The van der Waals surface area contributed by atoms with E-state index in [1.54, 1.807) is 19.4 Å². The van der Waals surface area contributed by atoms with Crippen LogP contribution in [0.2, 0.25) is 0 Å². The second kappa shape index (κ2) is 6.10. The van der Waals surface area contributed by atoms with Crippen LogP contribution in [0, 0.1) is 0 Å². The Morgan fingerprint density at radius 1 is 1.33 bits per heavy atom. The zero-order chi connectivity index (χ0) is 16.4. The van der Waals surface area contributed by atoms with Crippen molar-refractivity contribution in [2.75, 3.05) is 25.8 Å². The topological polar surface area (TPSA) is 75.6 Å². The van der Waals surface area contributed by atoms with Crippen molar-refractivity contribution in [2.45, 2.75) is 32.3 Å². The standard InChI is InChI=1S/C15H24NO4P/c1-15(2,3)11-7-10(9-21(5,6)19)13(20-4)12(8-11)16-14(17)18/h7-8,16H,9H2,1-6H3,(H,17,18). The summed E-state index contributed by atoms with van der Waals surface area (Å²) in [5.74, 6) is 0.439. The van der Waals surface area contributed by atoms with Gasteiger partial charge in [-0.1, -0.05) is 26.8 Å². The second-order valence-electron chi connectivity index (χ2n) is 6.63. The molecule has 5 nitrogen and oxygen atoms in total. The van der Waals surface area contributed by atoms with E-state index in [0.717, 1.165) is 11.1 Å². The minimum Gasteiger partial charge on any atom is -0.494 e. The highest BCUT2D eigenvalue weighted by Crippen LogP contribution is 2.45. The van der Waals surface area contributed by atoms with Gasteiger partial charge in [-0.2, -0.15) is 0 Å². The number of nitrogens with one attached hydrogen (secondary N) is 1. The lowest BCUT2D eigenvalue weighted by Crippen LogP contribution is -2.15. The Morgan fingerprint density at radius 3 is 2.29 bits per heavy atom. The molecule has 0 saturated carbocycles. The first-order valence-corrected chi connectivity index (χ1v) is 9.48. The monoisotopic (exact) mass is 313 g/mol. The number of hydrogen-bond donors (Lipinski definition) is 2. The molecule has 6 heteroatoms. The first kappa shape index (κ1) is 17.6. The molecular weight excluding hydrogens is 289 g/mol. The average molecular weight is 313 g/mol. The third-order valence-corrected chi connectivity index (χ3v) is 4.13. The highest BCUT2D eigenvalue weighted by molar-refractivity contribution is 7.61. The Balaban J connectivity index is 3.51. The predicted molar refractivity (Wildman–Crippen MR) is 86.5 cm³/mol. The SMILES string of the molecule is COc1c(CP(C)(C)=O)cc(C(C)(C)C)cc1NC(=O)O. The van der Waals surface area contributed by atoms with Crippen LogP contribution >= 0.6 is 7.14 Å². The Hall–Kier alpha value is -1.48. The molecule has 0 radical (unpaired) electrons. The Bertz CT molecular complexity index is 584. The highest BCUT2D eigenvalue weighted by Gasteiger charge is 2.22. The minimum atomic E-state index is -2.31. The van der Waals surface area contributed by atoms with E-state index in [9.17, 15) is 9.36 Å². The third kappa shape index (κ3) is 5.09. The summed E-state index contributed by atoms with van der Waals surface area (Å²) in [6.45, 7) is 9.54. The van der Waals surface area contributed by atoms with Gasteiger partial charge in [0.2, 0.25) is 0 Å². The van der Waals surface area contributed by atoms with Crippen LogP contribution < -0.4 is 10.1 Å². The van der Waals surface area contributed by atoms with Crippen molar-refractivity contribution in [3.05, 3.63) is 23.3 Å². The zero-order valence-corrected chi connectivity index (χ0v) is 14.4. The van der Waals surface area contributed by atoms with Gasteiger partial charge in [0, 0.05) is 11.7 Å². The van der Waals surface area contributed by atoms with Crippen LogP contribution in [0.25, 0.3) is 0 Å². The van der Waals surface area contributed by atoms with E-state index in [1.165, 1.54) is 7.11 Å². The number of rotatable bonds is 4. The summed E-state index contributed by atoms with van der Waals surface area (Å²) < 4.78 is 17.5. The minimum absolute atomic E-state index is 0.151. The van der Waals surface area contributed by atoms with Crippen molar-refractivity contribution in [3.8, 4) is 5.75 Å². The molecule has 0 saturated heterocycles. The van der Waals surface area contributed by atoms with E-state index < -0.39 is 13.2 Å². The number of amides is 1. The molecule has 0 bridgehead atoms. The highest BCUT2D eigenvalue weighted by atomic mass is 31.2. The van der Waals surface area contributed by atoms with Crippen LogP contribution in [0.5, 0.6) is 5.75 Å². The first-order chi connectivity index (χ1) is 9.44. The molecule has 1 rings (SSSR count). The molecule has 0 aliphatic heterocycles. The lowest BCUT2D eigenvalue weighted by molar-refractivity contribution is 0.209. The number of ether oxygens (including phenoxy) is 1. The van der Waals surface area contributed by atoms with Gasteiger partial charge < -0.3 is 14.4 Å². The first-order valence-electron chi connectivity index (χ1n) is 6.69. The van der Waals surface area contributed by atoms with E-state index >= 15 is 0 Å². The van der Waals surface area contributed by atoms with Gasteiger partial charge in [-0.25, -0.2) is 4.79 Å². The fraction of sp³-hybridized carbons (Fsp3) is 0.533. The lowest BCUT2D eigenvalue weighted by Gasteiger charge is -2.24. The molecule has 0 aliphatic rings. The van der Waals surface area contributed by atoms with Crippen LogP contribution in [0.15, 0.2) is 12.1 Å². The van der Waals surface area contributed by atoms with E-state index in [0.29, 0.717) is 17.6 Å². The zero-order valence-electron chi connectivity index (χ0n) is 13.5. The summed E-state index contributed by atoms with van der Waals surface area (Å²) in [5, 5.41) is 11.3. The Labute approximate surface area is 126 Å². The fourth-order valence-corrected chi connectivity index (χ4v) is 3.15. The Kier molecular flexibility index (Phi) is 5.11. The molecule has 1 aromatic carbocycles. The van der Waals surface area contributed by atoms with Gasteiger partial charge in [0.15, 0.2) is 0 Å². The number of carbonyl (C=O) groups is 1. The van der Waals surface area contributed by atoms with Crippen LogP contribution in [-0.4, -0.2) is 31.6 Å². The molecule has 0 spiro atoms.